The Morgan fingerprint density at radius 3 is 2.48 bits per heavy atom. The number of aryl methyl sites for hydroxylation is 2. The summed E-state index contributed by atoms with van der Waals surface area (Å²) in [5, 5.41) is 0. The molecule has 0 aliphatic carbocycles. The molecule has 42 heavy (non-hydrogen) atoms. The van der Waals surface area contributed by atoms with E-state index in [1.54, 1.807) is 4.57 Å². The molecule has 3 aliphatic rings. The standard InChI is InChI=1S/C28H35N9O4S/c1-3-22-29-20-6-4-5-7-21(20)37(22)28-31-24-23(25(32-28)35-13-15-41-16-14-35)30-26(33(24)2)27(38)36-11-9-34(10-12-36)19-8-17-42(39,40)18-19/h4-7,19H,3,8-18H2,1-2H3. The van der Waals surface area contributed by atoms with Gasteiger partial charge in [-0.15, -0.1) is 0 Å². The largest absolute Gasteiger partial charge is 0.378 e. The maximum absolute atomic E-state index is 13.8. The van der Waals surface area contributed by atoms with E-state index in [0.29, 0.717) is 94.1 Å². The lowest BCUT2D eigenvalue weighted by atomic mass is 10.2. The predicted molar refractivity (Wildman–Crippen MR) is 158 cm³/mol. The van der Waals surface area contributed by atoms with E-state index in [9.17, 15) is 13.2 Å². The van der Waals surface area contributed by atoms with Gasteiger partial charge in [-0.2, -0.15) is 9.97 Å². The zero-order chi connectivity index (χ0) is 29.0. The Bertz CT molecular complexity index is 1770. The number of piperazine rings is 1. The van der Waals surface area contributed by atoms with Crippen LogP contribution in [0.3, 0.4) is 0 Å². The number of amides is 1. The van der Waals surface area contributed by atoms with Crippen molar-refractivity contribution < 1.29 is 17.9 Å². The number of morpholine rings is 1. The van der Waals surface area contributed by atoms with Crippen molar-refractivity contribution in [3.05, 3.63) is 35.9 Å². The highest BCUT2D eigenvalue weighted by molar-refractivity contribution is 7.91. The first-order chi connectivity index (χ1) is 20.3. The molecule has 0 bridgehead atoms. The van der Waals surface area contributed by atoms with Crippen molar-refractivity contribution in [3.8, 4) is 5.95 Å². The summed E-state index contributed by atoms with van der Waals surface area (Å²) in [6.07, 6.45) is 1.37. The molecule has 0 spiro atoms. The molecule has 0 N–H and O–H groups in total. The third-order valence-electron chi connectivity index (χ3n) is 8.66. The summed E-state index contributed by atoms with van der Waals surface area (Å²) in [4.78, 5) is 39.7. The van der Waals surface area contributed by atoms with E-state index in [1.807, 2.05) is 40.8 Å². The third-order valence-corrected chi connectivity index (χ3v) is 10.4. The van der Waals surface area contributed by atoms with Crippen LogP contribution in [0.4, 0.5) is 5.82 Å². The smallest absolute Gasteiger partial charge is 0.290 e. The molecule has 222 valence electrons. The van der Waals surface area contributed by atoms with Crippen molar-refractivity contribution in [2.24, 2.45) is 7.05 Å². The van der Waals surface area contributed by atoms with Crippen molar-refractivity contribution in [1.82, 2.24) is 38.9 Å². The molecule has 3 aliphatic heterocycles. The van der Waals surface area contributed by atoms with Gasteiger partial charge in [0.25, 0.3) is 5.91 Å². The summed E-state index contributed by atoms with van der Waals surface area (Å²) in [5.41, 5.74) is 2.97. The molecular weight excluding hydrogens is 558 g/mol. The maximum atomic E-state index is 13.8. The summed E-state index contributed by atoms with van der Waals surface area (Å²) in [7, 11) is -1.13. The second kappa shape index (κ2) is 10.6. The number of rotatable bonds is 5. The topological polar surface area (TPSA) is 132 Å². The molecule has 1 aromatic carbocycles. The quantitative estimate of drug-likeness (QED) is 0.331. The number of nitrogens with zero attached hydrogens (tertiary/aromatic N) is 9. The number of carbonyl (C=O) groups is 1. The van der Waals surface area contributed by atoms with Crippen LogP contribution in [-0.2, 0) is 28.0 Å². The Hall–Kier alpha value is -3.62. The molecule has 6 heterocycles. The van der Waals surface area contributed by atoms with E-state index < -0.39 is 9.84 Å². The van der Waals surface area contributed by atoms with Crippen molar-refractivity contribution in [1.29, 1.82) is 0 Å². The summed E-state index contributed by atoms with van der Waals surface area (Å²) in [5.74, 6) is 2.65. The minimum atomic E-state index is -2.95. The lowest BCUT2D eigenvalue weighted by Crippen LogP contribution is -2.52. The number of aromatic nitrogens is 6. The van der Waals surface area contributed by atoms with Crippen molar-refractivity contribution in [2.45, 2.75) is 25.8 Å². The van der Waals surface area contributed by atoms with Gasteiger partial charge < -0.3 is 19.1 Å². The molecular formula is C28H35N9O4S. The van der Waals surface area contributed by atoms with E-state index in [1.165, 1.54) is 0 Å². The first kappa shape index (κ1) is 27.2. The molecule has 1 amide bonds. The summed E-state index contributed by atoms with van der Waals surface area (Å²) < 4.78 is 33.3. The van der Waals surface area contributed by atoms with E-state index in [-0.39, 0.29) is 23.5 Å². The number of ether oxygens (including phenoxy) is 1. The van der Waals surface area contributed by atoms with Gasteiger partial charge in [0.15, 0.2) is 26.8 Å². The molecule has 1 atom stereocenters. The number of benzene rings is 1. The number of hydrogen-bond donors (Lipinski definition) is 0. The second-order valence-electron chi connectivity index (χ2n) is 11.2. The average molecular weight is 594 g/mol. The monoisotopic (exact) mass is 593 g/mol. The van der Waals surface area contributed by atoms with Gasteiger partial charge in [-0.3, -0.25) is 14.3 Å². The number of carbonyl (C=O) groups excluding carboxylic acids is 1. The normalized spacial score (nSPS) is 21.5. The van der Waals surface area contributed by atoms with Crippen LogP contribution in [0.5, 0.6) is 0 Å². The SMILES string of the molecule is CCc1nc2ccccc2n1-c1nc(N2CCOCC2)c2nc(C(=O)N3CCN(C4CCS(=O)(=O)C4)CC3)n(C)c2n1. The third kappa shape index (κ3) is 4.71. The Morgan fingerprint density at radius 1 is 1.00 bits per heavy atom. The van der Waals surface area contributed by atoms with Crippen LogP contribution < -0.4 is 4.90 Å². The number of fused-ring (bicyclic) bond motifs is 2. The zero-order valence-electron chi connectivity index (χ0n) is 23.9. The van der Waals surface area contributed by atoms with E-state index in [0.717, 1.165) is 16.9 Å². The van der Waals surface area contributed by atoms with Gasteiger partial charge in [0.2, 0.25) is 11.8 Å². The van der Waals surface area contributed by atoms with Crippen molar-refractivity contribution >= 4 is 43.8 Å². The summed E-state index contributed by atoms with van der Waals surface area (Å²) >= 11 is 0. The summed E-state index contributed by atoms with van der Waals surface area (Å²) in [6.45, 7) is 6.88. The number of hydrogen-bond acceptors (Lipinski definition) is 10. The molecule has 1 unspecified atom stereocenters. The molecule has 13 nitrogen and oxygen atoms in total. The fraction of sp³-hybridized carbons (Fsp3) is 0.536. The van der Waals surface area contributed by atoms with Crippen LogP contribution in [-0.4, -0.2) is 123 Å². The first-order valence-corrected chi connectivity index (χ1v) is 16.4. The fourth-order valence-electron chi connectivity index (χ4n) is 6.35. The van der Waals surface area contributed by atoms with E-state index >= 15 is 0 Å². The number of anilines is 1. The average Bonchev–Trinajstić information content (AvgIpc) is 3.69. The molecule has 3 fully saturated rings. The van der Waals surface area contributed by atoms with Gasteiger partial charge in [-0.1, -0.05) is 19.1 Å². The second-order valence-corrected chi connectivity index (χ2v) is 13.4. The van der Waals surface area contributed by atoms with Crippen molar-refractivity contribution in [3.63, 3.8) is 0 Å². The lowest BCUT2D eigenvalue weighted by molar-refractivity contribution is 0.0573. The highest BCUT2D eigenvalue weighted by atomic mass is 32.2. The lowest BCUT2D eigenvalue weighted by Gasteiger charge is -2.37. The minimum absolute atomic E-state index is 0.0417. The zero-order valence-corrected chi connectivity index (χ0v) is 24.8. The van der Waals surface area contributed by atoms with Gasteiger partial charge in [0.1, 0.15) is 5.82 Å². The van der Waals surface area contributed by atoms with E-state index in [2.05, 4.69) is 16.7 Å². The first-order valence-electron chi connectivity index (χ1n) is 14.6. The number of imidazole rings is 2. The molecule has 3 saturated heterocycles. The molecule has 14 heteroatoms. The summed E-state index contributed by atoms with van der Waals surface area (Å²) in [6, 6.07) is 7.99. The number of para-hydroxylation sites is 2. The van der Waals surface area contributed by atoms with Crippen LogP contribution >= 0.6 is 0 Å². The van der Waals surface area contributed by atoms with Crippen molar-refractivity contribution in [2.75, 3.05) is 68.9 Å². The van der Waals surface area contributed by atoms with Crippen LogP contribution in [0.25, 0.3) is 28.1 Å². The molecule has 0 saturated carbocycles. The fourth-order valence-corrected chi connectivity index (χ4v) is 8.12. The Kier molecular flexibility index (Phi) is 6.86. The highest BCUT2D eigenvalue weighted by Gasteiger charge is 2.35. The predicted octanol–water partition coefficient (Wildman–Crippen LogP) is 1.05. The van der Waals surface area contributed by atoms with E-state index in [4.69, 9.17) is 24.7 Å². The van der Waals surface area contributed by atoms with Crippen LogP contribution in [0.15, 0.2) is 24.3 Å². The Morgan fingerprint density at radius 2 is 1.76 bits per heavy atom. The van der Waals surface area contributed by atoms with Crippen LogP contribution in [0.2, 0.25) is 0 Å². The molecule has 3 aromatic heterocycles. The Labute approximate surface area is 244 Å². The van der Waals surface area contributed by atoms with Crippen LogP contribution in [0, 0.1) is 0 Å². The minimum Gasteiger partial charge on any atom is -0.378 e. The highest BCUT2D eigenvalue weighted by Crippen LogP contribution is 2.29. The Balaban J connectivity index is 1.25. The van der Waals surface area contributed by atoms with Crippen LogP contribution in [0.1, 0.15) is 29.8 Å². The van der Waals surface area contributed by atoms with Gasteiger partial charge >= 0.3 is 0 Å². The molecule has 4 aromatic rings. The van der Waals surface area contributed by atoms with Gasteiger partial charge in [-0.05, 0) is 18.6 Å². The van der Waals surface area contributed by atoms with Gasteiger partial charge in [-0.25, -0.2) is 18.4 Å². The van der Waals surface area contributed by atoms with Gasteiger partial charge in [0.05, 0.1) is 35.8 Å². The molecule has 7 rings (SSSR count). The number of sulfone groups is 1. The van der Waals surface area contributed by atoms with Gasteiger partial charge in [0, 0.05) is 58.8 Å². The maximum Gasteiger partial charge on any atom is 0.290 e. The molecule has 0 radical (unpaired) electrons.